The Labute approximate surface area is 52.7 Å². The molecule has 0 saturated carbocycles. The van der Waals surface area contributed by atoms with Crippen molar-refractivity contribution in [3.8, 4) is 0 Å². The summed E-state index contributed by atoms with van der Waals surface area (Å²) in [5.41, 5.74) is 0. The van der Waals surface area contributed by atoms with Crippen molar-refractivity contribution in [1.29, 1.82) is 0 Å². The summed E-state index contributed by atoms with van der Waals surface area (Å²) in [6.07, 6.45) is 0. The predicted octanol–water partition coefficient (Wildman–Crippen LogP) is 2.21. The lowest BCUT2D eigenvalue weighted by atomic mass is 10.6. The van der Waals surface area contributed by atoms with Crippen LogP contribution in [-0.2, 0) is 0 Å². The molecule has 0 bridgehead atoms. The van der Waals surface area contributed by atoms with Gasteiger partial charge in [0.05, 0.1) is 0 Å². The third-order valence-corrected chi connectivity index (χ3v) is 3.81. The van der Waals surface area contributed by atoms with Gasteiger partial charge in [0.15, 0.2) is 0 Å². The van der Waals surface area contributed by atoms with Gasteiger partial charge < -0.3 is 0 Å². The van der Waals surface area contributed by atoms with E-state index in [0.29, 0.717) is 5.25 Å². The summed E-state index contributed by atoms with van der Waals surface area (Å²) >= 11 is 0. The molecule has 8 heavy (non-hydrogen) atoms. The summed E-state index contributed by atoms with van der Waals surface area (Å²) < 4.78 is 0. The molecule has 0 amide bonds. The summed E-state index contributed by atoms with van der Waals surface area (Å²) in [6, 6.07) is 0. The van der Waals surface area contributed by atoms with Crippen molar-refractivity contribution in [2.24, 2.45) is 0 Å². The van der Waals surface area contributed by atoms with Gasteiger partial charge in [-0.05, 0) is 10.7 Å². The van der Waals surface area contributed by atoms with Crippen molar-refractivity contribution in [2.45, 2.75) is 19.1 Å². The van der Waals surface area contributed by atoms with Gasteiger partial charge in [-0.15, -0.1) is 0 Å². The first-order valence-corrected chi connectivity index (χ1v) is 4.71. The molecular formula is C7H14S. The predicted molar refractivity (Wildman–Crippen MR) is 47.2 cm³/mol. The third-order valence-electron chi connectivity index (χ3n) is 1.27. The Morgan fingerprint density at radius 3 is 1.75 bits per heavy atom. The highest BCUT2D eigenvalue weighted by Crippen LogP contribution is 2.25. The van der Waals surface area contributed by atoms with Gasteiger partial charge in [-0.2, -0.15) is 9.21 Å². The maximum Gasteiger partial charge on any atom is -0.00765 e. The van der Waals surface area contributed by atoms with Crippen LogP contribution in [0.2, 0.25) is 0 Å². The maximum absolute atomic E-state index is 3.94. The summed E-state index contributed by atoms with van der Waals surface area (Å²) in [5.74, 6) is 7.88. The van der Waals surface area contributed by atoms with Crippen LogP contribution >= 0.6 is 9.21 Å². The second-order valence-corrected chi connectivity index (χ2v) is 5.51. The van der Waals surface area contributed by atoms with Gasteiger partial charge in [0, 0.05) is 0 Å². The van der Waals surface area contributed by atoms with E-state index in [-0.39, 0.29) is 0 Å². The van der Waals surface area contributed by atoms with E-state index in [9.17, 15) is 0 Å². The molecule has 0 radical (unpaired) electrons. The topological polar surface area (TPSA) is 0 Å². The Morgan fingerprint density at radius 1 is 1.38 bits per heavy atom. The van der Waals surface area contributed by atoms with Crippen molar-refractivity contribution < 1.29 is 0 Å². The van der Waals surface area contributed by atoms with Gasteiger partial charge in [-0.1, -0.05) is 32.2 Å². The van der Waals surface area contributed by atoms with Crippen LogP contribution < -0.4 is 0 Å². The molecular weight excluding hydrogens is 116 g/mol. The summed E-state index contributed by atoms with van der Waals surface area (Å²) in [4.78, 5) is 0. The van der Waals surface area contributed by atoms with E-state index in [1.54, 1.807) is 0 Å². The van der Waals surface area contributed by atoms with Gasteiger partial charge >= 0.3 is 0 Å². The molecule has 0 saturated heterocycles. The largest absolute Gasteiger partial charge is 0.192 e. The first kappa shape index (κ1) is 7.83. The molecule has 1 heteroatoms. The Kier molecular flexibility index (Phi) is 2.35. The van der Waals surface area contributed by atoms with Crippen molar-refractivity contribution in [3.63, 3.8) is 0 Å². The molecule has 0 atom stereocenters. The van der Waals surface area contributed by atoms with E-state index >= 15 is 0 Å². The molecule has 0 rings (SSSR count). The summed E-state index contributed by atoms with van der Waals surface area (Å²) in [5, 5.41) is 2.43. The summed E-state index contributed by atoms with van der Waals surface area (Å²) in [6.45, 7) is 7.91. The lowest BCUT2D eigenvalue weighted by molar-refractivity contribution is 1.12. The van der Waals surface area contributed by atoms with E-state index in [4.69, 9.17) is 0 Å². The van der Waals surface area contributed by atoms with Crippen molar-refractivity contribution in [3.05, 3.63) is 12.0 Å². The first-order chi connectivity index (χ1) is 3.50. The van der Waals surface area contributed by atoms with Crippen molar-refractivity contribution in [1.82, 2.24) is 0 Å². The van der Waals surface area contributed by atoms with Crippen LogP contribution in [0.5, 0.6) is 0 Å². The Bertz CT molecular complexity index is 159. The Balaban J connectivity index is 4.40. The highest BCUT2D eigenvalue weighted by Gasteiger charge is 1.94. The van der Waals surface area contributed by atoms with E-state index in [0.717, 1.165) is 0 Å². The zero-order chi connectivity index (χ0) is 6.78. The minimum Gasteiger partial charge on any atom is -0.192 e. The number of hydrogen-bond acceptors (Lipinski definition) is 0. The van der Waals surface area contributed by atoms with Crippen LogP contribution in [0.4, 0.5) is 0 Å². The lowest BCUT2D eigenvalue weighted by Gasteiger charge is -2.11. The first-order valence-electron chi connectivity index (χ1n) is 2.61. The summed E-state index contributed by atoms with van der Waals surface area (Å²) in [7, 11) is -0.972. The average molecular weight is 130 g/mol. The molecule has 0 aliphatic carbocycles. The smallest absolute Gasteiger partial charge is 0.00765 e. The van der Waals surface area contributed by atoms with E-state index in [1.165, 1.54) is 0 Å². The SMILES string of the molecule is C=CS(=C)(=C)C(C)C. The van der Waals surface area contributed by atoms with Crippen LogP contribution in [0.15, 0.2) is 12.0 Å². The zero-order valence-corrected chi connectivity index (χ0v) is 6.50. The molecule has 48 valence electrons. The fraction of sp³-hybridized carbons (Fsp3) is 0.429. The molecule has 0 aliphatic rings. The minimum atomic E-state index is -0.972. The Morgan fingerprint density at radius 2 is 1.75 bits per heavy atom. The molecule has 0 unspecified atom stereocenters. The normalized spacial score (nSPS) is 11.9. The molecule has 0 aromatic carbocycles. The van der Waals surface area contributed by atoms with Crippen molar-refractivity contribution in [2.75, 3.05) is 0 Å². The second kappa shape index (κ2) is 2.40. The molecule has 0 aromatic rings. The van der Waals surface area contributed by atoms with Gasteiger partial charge in [0.1, 0.15) is 0 Å². The highest BCUT2D eigenvalue weighted by atomic mass is 32.2. The van der Waals surface area contributed by atoms with Crippen LogP contribution in [0.1, 0.15) is 13.8 Å². The molecule has 0 aliphatic heterocycles. The van der Waals surface area contributed by atoms with Gasteiger partial charge in [-0.25, -0.2) is 0 Å². The molecule has 0 nitrogen and oxygen atoms in total. The monoisotopic (exact) mass is 130 g/mol. The zero-order valence-electron chi connectivity index (χ0n) is 5.68. The second-order valence-electron chi connectivity index (χ2n) is 2.22. The highest BCUT2D eigenvalue weighted by molar-refractivity contribution is 8.30. The van der Waals surface area contributed by atoms with Crippen LogP contribution in [0.3, 0.4) is 0 Å². The lowest BCUT2D eigenvalue weighted by Crippen LogP contribution is -1.90. The minimum absolute atomic E-state index is 0.556. The molecule has 0 heterocycles. The standard InChI is InChI=1S/C7H14S/c1-6-8(4,5)7(2)3/h6-7H,1,4-5H2,2-3H3. The van der Waals surface area contributed by atoms with Crippen molar-refractivity contribution >= 4 is 20.9 Å². The number of rotatable bonds is 2. The van der Waals surface area contributed by atoms with Gasteiger partial charge in [-0.3, -0.25) is 0 Å². The quantitative estimate of drug-likeness (QED) is 0.503. The van der Waals surface area contributed by atoms with Gasteiger partial charge in [0.25, 0.3) is 0 Å². The Hall–Kier alpha value is -0.170. The fourth-order valence-electron chi connectivity index (χ4n) is 0.192. The average Bonchev–Trinajstić information content (AvgIpc) is 1.67. The molecule has 0 aromatic heterocycles. The molecule has 0 N–H and O–H groups in total. The third kappa shape index (κ3) is 1.74. The van der Waals surface area contributed by atoms with E-state index in [1.807, 2.05) is 5.41 Å². The number of hydrogen-bond donors (Lipinski definition) is 0. The molecule has 0 fully saturated rings. The van der Waals surface area contributed by atoms with Crippen LogP contribution in [0, 0.1) is 0 Å². The van der Waals surface area contributed by atoms with Gasteiger partial charge in [0.2, 0.25) is 0 Å². The molecule has 0 spiro atoms. The maximum atomic E-state index is 3.94. The van der Waals surface area contributed by atoms with E-state index < -0.39 is 9.21 Å². The fourth-order valence-corrected chi connectivity index (χ4v) is 0.577. The van der Waals surface area contributed by atoms with E-state index in [2.05, 4.69) is 32.2 Å². The van der Waals surface area contributed by atoms with Crippen LogP contribution in [0.25, 0.3) is 0 Å². The van der Waals surface area contributed by atoms with Crippen LogP contribution in [-0.4, -0.2) is 17.0 Å².